The van der Waals surface area contributed by atoms with Crippen molar-refractivity contribution in [3.05, 3.63) is 71.2 Å². The van der Waals surface area contributed by atoms with Crippen molar-refractivity contribution in [2.75, 3.05) is 12.4 Å². The second-order valence-corrected chi connectivity index (χ2v) is 12.5. The highest BCUT2D eigenvalue weighted by molar-refractivity contribution is 8.18. The Kier molecular flexibility index (Phi) is 8.07. The smallest absolute Gasteiger partial charge is 0.395 e. The van der Waals surface area contributed by atoms with Gasteiger partial charge in [0.1, 0.15) is 11.7 Å². The summed E-state index contributed by atoms with van der Waals surface area (Å²) < 4.78 is 83.4. The molecule has 3 aromatic rings. The number of halogens is 6. The lowest BCUT2D eigenvalue weighted by Crippen LogP contribution is -2.52. The number of hydrogen-bond acceptors (Lipinski definition) is 6. The van der Waals surface area contributed by atoms with Crippen LogP contribution in [0.3, 0.4) is 0 Å². The van der Waals surface area contributed by atoms with E-state index in [4.69, 9.17) is 0 Å². The molecule has 1 aliphatic rings. The van der Waals surface area contributed by atoms with Gasteiger partial charge in [0.05, 0.1) is 36.2 Å². The summed E-state index contributed by atoms with van der Waals surface area (Å²) in [6.45, 7) is 1.99. The molecule has 1 aliphatic heterocycles. The Bertz CT molecular complexity index is 1310. The molecular formula is C25H27F6N3O4S. The first kappa shape index (κ1) is 29.3. The highest BCUT2D eigenvalue weighted by atomic mass is 32.2. The molecule has 2 aromatic carbocycles. The Hall–Kier alpha value is -2.65. The van der Waals surface area contributed by atoms with Gasteiger partial charge >= 0.3 is 6.18 Å². The minimum absolute atomic E-state index is 0.103. The first-order valence-electron chi connectivity index (χ1n) is 11.8. The third-order valence-corrected chi connectivity index (χ3v) is 10.5. The van der Waals surface area contributed by atoms with Gasteiger partial charge in [-0.05, 0) is 37.6 Å². The normalized spacial score (nSPS) is 26.0. The van der Waals surface area contributed by atoms with Gasteiger partial charge in [0.25, 0.3) is 0 Å². The average Bonchev–Trinajstić information content (AvgIpc) is 3.31. The third-order valence-electron chi connectivity index (χ3n) is 6.81. The van der Waals surface area contributed by atoms with Crippen molar-refractivity contribution in [1.82, 2.24) is 15.0 Å². The SMILES string of the molecule is CC(C)(O)[C@@H](c1ccccc1C(F)(F)F)[SH]1C[C@H](O)[C@H](n2cc(-c3cc(F)c(F)c(F)c3)nn2)[C@@H](O)[C@H]1CO. The van der Waals surface area contributed by atoms with Crippen molar-refractivity contribution < 1.29 is 46.8 Å². The fraction of sp³-hybridized carbons (Fsp3) is 0.440. The van der Waals surface area contributed by atoms with Crippen molar-refractivity contribution in [1.29, 1.82) is 0 Å². The molecule has 0 saturated carbocycles. The monoisotopic (exact) mass is 579 g/mol. The fourth-order valence-corrected chi connectivity index (χ4v) is 8.86. The highest BCUT2D eigenvalue weighted by Crippen LogP contribution is 2.58. The summed E-state index contributed by atoms with van der Waals surface area (Å²) in [5.41, 5.74) is -3.19. The maximum atomic E-state index is 13.9. The molecule has 1 fully saturated rings. The van der Waals surface area contributed by atoms with Crippen molar-refractivity contribution in [3.63, 3.8) is 0 Å². The number of aromatic nitrogens is 3. The second kappa shape index (κ2) is 10.7. The van der Waals surface area contributed by atoms with Crippen LogP contribution in [0.1, 0.15) is 36.3 Å². The van der Waals surface area contributed by atoms with Gasteiger partial charge in [-0.25, -0.2) is 28.7 Å². The van der Waals surface area contributed by atoms with Gasteiger partial charge in [-0.2, -0.15) is 13.2 Å². The lowest BCUT2D eigenvalue weighted by Gasteiger charge is -2.51. The quantitative estimate of drug-likeness (QED) is 0.174. The summed E-state index contributed by atoms with van der Waals surface area (Å²) in [5.74, 6) is -4.77. The van der Waals surface area contributed by atoms with Gasteiger partial charge in [-0.1, -0.05) is 23.4 Å². The lowest BCUT2D eigenvalue weighted by molar-refractivity contribution is -0.138. The Morgan fingerprint density at radius 3 is 2.26 bits per heavy atom. The predicted molar refractivity (Wildman–Crippen MR) is 132 cm³/mol. The predicted octanol–water partition coefficient (Wildman–Crippen LogP) is 3.53. The molecule has 1 saturated heterocycles. The van der Waals surface area contributed by atoms with Gasteiger partial charge in [0.15, 0.2) is 17.5 Å². The molecule has 214 valence electrons. The Morgan fingerprint density at radius 1 is 1.08 bits per heavy atom. The molecule has 1 unspecified atom stereocenters. The molecular weight excluding hydrogens is 552 g/mol. The van der Waals surface area contributed by atoms with Crippen LogP contribution in [-0.2, 0) is 6.18 Å². The van der Waals surface area contributed by atoms with E-state index in [-0.39, 0.29) is 22.6 Å². The minimum Gasteiger partial charge on any atom is -0.395 e. The van der Waals surface area contributed by atoms with Crippen LogP contribution in [0, 0.1) is 17.5 Å². The zero-order valence-electron chi connectivity index (χ0n) is 20.7. The first-order chi connectivity index (χ1) is 18.1. The van der Waals surface area contributed by atoms with Crippen LogP contribution in [0.4, 0.5) is 26.3 Å². The molecule has 7 nitrogen and oxygen atoms in total. The van der Waals surface area contributed by atoms with Crippen LogP contribution < -0.4 is 0 Å². The number of nitrogens with zero attached hydrogens (tertiary/aromatic N) is 3. The molecule has 0 spiro atoms. The minimum atomic E-state index is -4.74. The number of aliphatic hydroxyl groups excluding tert-OH is 3. The standard InChI is InChI=1S/C25H27F6N3O4S/c1-24(2,38)23(13-5-3-4-6-14(13)25(29,30)31)39-11-18(36)21(22(37)19(39)10-35)34-9-17(32-33-34)12-7-15(26)20(28)16(27)8-12/h3-9,18-19,21-23,35-39H,10-11H2,1-2H3/t18-,19+,21-,22-,23+/m0/s1. The molecule has 4 N–H and O–H groups in total. The topological polar surface area (TPSA) is 112 Å². The van der Waals surface area contributed by atoms with E-state index in [0.717, 1.165) is 16.9 Å². The van der Waals surface area contributed by atoms with Crippen LogP contribution in [0.2, 0.25) is 0 Å². The van der Waals surface area contributed by atoms with Gasteiger partial charge in [-0.15, -0.1) is 5.10 Å². The van der Waals surface area contributed by atoms with E-state index in [1.165, 1.54) is 32.0 Å². The molecule has 4 rings (SSSR count). The van der Waals surface area contributed by atoms with Crippen molar-refractivity contribution in [2.24, 2.45) is 0 Å². The average molecular weight is 580 g/mol. The van der Waals surface area contributed by atoms with Crippen molar-refractivity contribution in [3.8, 4) is 11.3 Å². The third kappa shape index (κ3) is 5.66. The molecule has 6 atom stereocenters. The van der Waals surface area contributed by atoms with E-state index >= 15 is 0 Å². The molecule has 1 aromatic heterocycles. The Morgan fingerprint density at radius 2 is 1.69 bits per heavy atom. The largest absolute Gasteiger partial charge is 0.416 e. The lowest BCUT2D eigenvalue weighted by atomic mass is 9.93. The van der Waals surface area contributed by atoms with Crippen molar-refractivity contribution in [2.45, 2.75) is 54.4 Å². The van der Waals surface area contributed by atoms with Crippen LogP contribution in [-0.4, -0.2) is 70.8 Å². The fourth-order valence-electron chi connectivity index (χ4n) is 5.17. The van der Waals surface area contributed by atoms with Crippen LogP contribution in [0.25, 0.3) is 11.3 Å². The number of hydrogen-bond donors (Lipinski definition) is 5. The maximum Gasteiger partial charge on any atom is 0.416 e. The van der Waals surface area contributed by atoms with Gasteiger partial charge in [-0.3, -0.25) is 0 Å². The summed E-state index contributed by atoms with van der Waals surface area (Å²) in [4.78, 5) is 0. The van der Waals surface area contributed by atoms with Crippen LogP contribution in [0.15, 0.2) is 42.6 Å². The Balaban J connectivity index is 1.71. The first-order valence-corrected chi connectivity index (χ1v) is 13.5. The number of alkyl halides is 3. The number of rotatable bonds is 6. The molecule has 39 heavy (non-hydrogen) atoms. The van der Waals surface area contributed by atoms with E-state index < -0.39 is 81.0 Å². The second-order valence-electron chi connectivity index (χ2n) is 9.97. The number of aliphatic hydroxyl groups is 4. The van der Waals surface area contributed by atoms with E-state index in [2.05, 4.69) is 10.3 Å². The number of thiol groups is 1. The number of benzene rings is 2. The van der Waals surface area contributed by atoms with Crippen LogP contribution in [0.5, 0.6) is 0 Å². The molecule has 0 radical (unpaired) electrons. The zero-order valence-corrected chi connectivity index (χ0v) is 21.6. The van der Waals surface area contributed by atoms with Crippen molar-refractivity contribution >= 4 is 10.9 Å². The van der Waals surface area contributed by atoms with E-state index in [1.807, 2.05) is 0 Å². The van der Waals surface area contributed by atoms with E-state index in [9.17, 15) is 46.8 Å². The van der Waals surface area contributed by atoms with E-state index in [0.29, 0.717) is 12.1 Å². The molecule has 2 heterocycles. The molecule has 0 bridgehead atoms. The molecule has 0 amide bonds. The van der Waals surface area contributed by atoms with E-state index in [1.54, 1.807) is 0 Å². The molecule has 0 aliphatic carbocycles. The summed E-state index contributed by atoms with van der Waals surface area (Å²) in [5, 5.41) is 49.0. The highest BCUT2D eigenvalue weighted by Gasteiger charge is 2.50. The van der Waals surface area contributed by atoms with Gasteiger partial charge in [0, 0.05) is 21.8 Å². The summed E-state index contributed by atoms with van der Waals surface area (Å²) in [6.07, 6.45) is -6.54. The molecule has 14 heteroatoms. The van der Waals surface area contributed by atoms with Gasteiger partial charge < -0.3 is 20.4 Å². The van der Waals surface area contributed by atoms with Crippen LogP contribution >= 0.6 is 10.9 Å². The van der Waals surface area contributed by atoms with Gasteiger partial charge in [0.2, 0.25) is 0 Å². The summed E-state index contributed by atoms with van der Waals surface area (Å²) in [6, 6.07) is 4.88. The summed E-state index contributed by atoms with van der Waals surface area (Å²) >= 11 is 0. The Labute approximate surface area is 222 Å². The summed E-state index contributed by atoms with van der Waals surface area (Å²) in [7, 11) is -1.87. The zero-order chi connectivity index (χ0) is 28.9. The maximum absolute atomic E-state index is 13.9.